The molecule has 8 heteroatoms. The molecule has 2 rings (SSSR count). The monoisotopic (exact) mass is 507 g/mol. The highest BCUT2D eigenvalue weighted by Gasteiger charge is 2.22. The van der Waals surface area contributed by atoms with Crippen molar-refractivity contribution in [2.45, 2.75) is 32.9 Å². The average molecular weight is 508 g/mol. The van der Waals surface area contributed by atoms with Gasteiger partial charge in [-0.15, -0.1) is 0 Å². The highest BCUT2D eigenvalue weighted by atomic mass is 127. The van der Waals surface area contributed by atoms with Crippen molar-refractivity contribution in [1.82, 2.24) is 5.32 Å². The third kappa shape index (κ3) is 6.14. The summed E-state index contributed by atoms with van der Waals surface area (Å²) >= 11 is 7.89. The van der Waals surface area contributed by atoms with Crippen LogP contribution < -0.4 is 14.8 Å². The summed E-state index contributed by atoms with van der Waals surface area (Å²) in [5, 5.41) is 3.10. The first-order valence-electron chi connectivity index (χ1n) is 8.06. The molecule has 0 spiro atoms. The fourth-order valence-corrected chi connectivity index (χ4v) is 3.00. The highest BCUT2D eigenvalue weighted by molar-refractivity contribution is 14.1. The molecule has 0 radical (unpaired) electrons. The maximum absolute atomic E-state index is 14.8. The summed E-state index contributed by atoms with van der Waals surface area (Å²) in [5.41, 5.74) is -0.379. The highest BCUT2D eigenvalue weighted by Crippen LogP contribution is 2.40. The number of rotatable bonds is 5. The van der Waals surface area contributed by atoms with Crippen molar-refractivity contribution >= 4 is 40.3 Å². The van der Waals surface area contributed by atoms with Gasteiger partial charge in [0.15, 0.2) is 17.3 Å². The Morgan fingerprint density at radius 1 is 1.22 bits per heavy atom. The predicted octanol–water partition coefficient (Wildman–Crippen LogP) is 5.91. The standard InChI is InChI=1S/C19H20ClFINO4/c1-19(2,3)27-18(24)23-10-11-9-14(22)16(17(25-4)15(11)21)26-13-7-5-12(20)6-8-13/h5-9H,10H2,1-4H3,(H,23,24). The zero-order valence-corrected chi connectivity index (χ0v) is 18.3. The molecule has 0 fully saturated rings. The van der Waals surface area contributed by atoms with E-state index in [4.69, 9.17) is 25.8 Å². The lowest BCUT2D eigenvalue weighted by Crippen LogP contribution is -2.32. The summed E-state index contributed by atoms with van der Waals surface area (Å²) in [6.45, 7) is 5.21. The van der Waals surface area contributed by atoms with Gasteiger partial charge in [0, 0.05) is 17.1 Å². The van der Waals surface area contributed by atoms with Crippen LogP contribution in [0.15, 0.2) is 30.3 Å². The van der Waals surface area contributed by atoms with E-state index in [-0.39, 0.29) is 23.6 Å². The van der Waals surface area contributed by atoms with E-state index in [0.717, 1.165) is 0 Å². The fourth-order valence-electron chi connectivity index (χ4n) is 2.14. The normalized spacial score (nSPS) is 11.1. The van der Waals surface area contributed by atoms with Crippen LogP contribution in [-0.4, -0.2) is 18.8 Å². The summed E-state index contributed by atoms with van der Waals surface area (Å²) in [4.78, 5) is 11.8. The van der Waals surface area contributed by atoms with Crippen molar-refractivity contribution in [1.29, 1.82) is 0 Å². The molecule has 0 aliphatic rings. The molecule has 0 heterocycles. The number of methoxy groups -OCH3 is 1. The SMILES string of the molecule is COc1c(F)c(CNC(=O)OC(C)(C)C)cc(I)c1Oc1ccc(Cl)cc1. The Morgan fingerprint density at radius 2 is 1.85 bits per heavy atom. The van der Waals surface area contributed by atoms with Gasteiger partial charge in [-0.3, -0.25) is 0 Å². The number of halogens is 3. The number of benzene rings is 2. The topological polar surface area (TPSA) is 56.8 Å². The van der Waals surface area contributed by atoms with Crippen molar-refractivity contribution in [2.75, 3.05) is 7.11 Å². The van der Waals surface area contributed by atoms with Crippen molar-refractivity contribution in [2.24, 2.45) is 0 Å². The van der Waals surface area contributed by atoms with Gasteiger partial charge in [-0.1, -0.05) is 11.6 Å². The molecular weight excluding hydrogens is 488 g/mol. The molecule has 0 atom stereocenters. The van der Waals surface area contributed by atoms with Crippen molar-refractivity contribution < 1.29 is 23.4 Å². The summed E-state index contributed by atoms with van der Waals surface area (Å²) < 4.78 is 31.6. The zero-order valence-electron chi connectivity index (χ0n) is 15.4. The molecule has 0 aliphatic carbocycles. The number of ether oxygens (including phenoxy) is 3. The minimum absolute atomic E-state index is 0.0437. The van der Waals surface area contributed by atoms with Crippen molar-refractivity contribution in [3.05, 3.63) is 50.3 Å². The first-order valence-corrected chi connectivity index (χ1v) is 9.51. The maximum atomic E-state index is 14.8. The Labute approximate surface area is 176 Å². The number of carbonyl (C=O) groups is 1. The van der Waals surface area contributed by atoms with Gasteiger partial charge < -0.3 is 19.5 Å². The number of hydrogen-bond donors (Lipinski definition) is 1. The Kier molecular flexibility index (Phi) is 7.16. The molecule has 0 bridgehead atoms. The van der Waals surface area contributed by atoms with Crippen LogP contribution in [0.1, 0.15) is 26.3 Å². The molecule has 146 valence electrons. The largest absolute Gasteiger partial charge is 0.490 e. The van der Waals surface area contributed by atoms with Crippen LogP contribution in [0, 0.1) is 9.39 Å². The van der Waals surface area contributed by atoms with E-state index in [1.54, 1.807) is 51.1 Å². The van der Waals surface area contributed by atoms with Gasteiger partial charge in [0.05, 0.1) is 10.7 Å². The number of amides is 1. The van der Waals surface area contributed by atoms with Crippen LogP contribution in [0.4, 0.5) is 9.18 Å². The minimum Gasteiger partial charge on any atom is -0.490 e. The van der Waals surface area contributed by atoms with Crippen LogP contribution in [0.25, 0.3) is 0 Å². The fraction of sp³-hybridized carbons (Fsp3) is 0.316. The number of nitrogens with one attached hydrogen (secondary N) is 1. The van der Waals surface area contributed by atoms with Crippen LogP contribution in [-0.2, 0) is 11.3 Å². The van der Waals surface area contributed by atoms with Crippen LogP contribution >= 0.6 is 34.2 Å². The second-order valence-electron chi connectivity index (χ2n) is 6.61. The Bertz CT molecular complexity index is 822. The van der Waals surface area contributed by atoms with Crippen LogP contribution in [0.2, 0.25) is 5.02 Å². The first kappa shape index (κ1) is 21.6. The van der Waals surface area contributed by atoms with Crippen molar-refractivity contribution in [3.8, 4) is 17.2 Å². The molecule has 0 saturated heterocycles. The summed E-state index contributed by atoms with van der Waals surface area (Å²) in [6.07, 6.45) is -0.627. The van der Waals surface area contributed by atoms with E-state index in [1.807, 2.05) is 22.6 Å². The zero-order chi connectivity index (χ0) is 20.2. The van der Waals surface area contributed by atoms with E-state index >= 15 is 0 Å². The van der Waals surface area contributed by atoms with Gasteiger partial charge in [-0.25, -0.2) is 9.18 Å². The predicted molar refractivity (Wildman–Crippen MR) is 110 cm³/mol. The summed E-state index contributed by atoms with van der Waals surface area (Å²) in [5.74, 6) is 0.0874. The average Bonchev–Trinajstić information content (AvgIpc) is 2.57. The molecule has 0 aliphatic heterocycles. The molecule has 2 aromatic carbocycles. The molecule has 0 unspecified atom stereocenters. The third-order valence-electron chi connectivity index (χ3n) is 3.27. The van der Waals surface area contributed by atoms with E-state index in [2.05, 4.69) is 5.32 Å². The van der Waals surface area contributed by atoms with Gasteiger partial charge in [0.1, 0.15) is 11.4 Å². The minimum atomic E-state index is -0.634. The Balaban J connectivity index is 2.23. The Morgan fingerprint density at radius 3 is 2.41 bits per heavy atom. The molecule has 27 heavy (non-hydrogen) atoms. The summed E-state index contributed by atoms with van der Waals surface area (Å²) in [6, 6.07) is 8.28. The number of carbonyl (C=O) groups excluding carboxylic acids is 1. The van der Waals surface area contributed by atoms with Gasteiger partial charge >= 0.3 is 6.09 Å². The number of hydrogen-bond acceptors (Lipinski definition) is 4. The van der Waals surface area contributed by atoms with Crippen LogP contribution in [0.3, 0.4) is 0 Å². The quantitative estimate of drug-likeness (QED) is 0.511. The molecule has 1 N–H and O–H groups in total. The lowest BCUT2D eigenvalue weighted by Gasteiger charge is -2.20. The molecule has 0 aromatic heterocycles. The maximum Gasteiger partial charge on any atom is 0.407 e. The second kappa shape index (κ2) is 8.97. The van der Waals surface area contributed by atoms with E-state index in [9.17, 15) is 9.18 Å². The first-order chi connectivity index (χ1) is 12.6. The van der Waals surface area contributed by atoms with Gasteiger partial charge in [0.2, 0.25) is 0 Å². The lowest BCUT2D eigenvalue weighted by molar-refractivity contribution is 0.0523. The lowest BCUT2D eigenvalue weighted by atomic mass is 10.1. The van der Waals surface area contributed by atoms with Gasteiger partial charge in [0.25, 0.3) is 0 Å². The Hall–Kier alpha value is -1.74. The van der Waals surface area contributed by atoms with Gasteiger partial charge in [-0.2, -0.15) is 0 Å². The van der Waals surface area contributed by atoms with Crippen LogP contribution in [0.5, 0.6) is 17.2 Å². The smallest absolute Gasteiger partial charge is 0.407 e. The number of alkyl carbamates (subject to hydrolysis) is 1. The molecular formula is C19H20ClFINO4. The summed E-state index contributed by atoms with van der Waals surface area (Å²) in [7, 11) is 1.36. The third-order valence-corrected chi connectivity index (χ3v) is 4.32. The van der Waals surface area contributed by atoms with E-state index in [1.165, 1.54) is 7.11 Å². The van der Waals surface area contributed by atoms with Crippen molar-refractivity contribution in [3.63, 3.8) is 0 Å². The molecule has 2 aromatic rings. The van der Waals surface area contributed by atoms with E-state index < -0.39 is 17.5 Å². The van der Waals surface area contributed by atoms with E-state index in [0.29, 0.717) is 14.3 Å². The molecule has 0 saturated carbocycles. The molecule has 1 amide bonds. The van der Waals surface area contributed by atoms with Gasteiger partial charge in [-0.05, 0) is 73.7 Å². The second-order valence-corrected chi connectivity index (χ2v) is 8.20. The molecule has 5 nitrogen and oxygen atoms in total.